The van der Waals surface area contributed by atoms with Crippen molar-refractivity contribution in [1.82, 2.24) is 39.8 Å². The summed E-state index contributed by atoms with van der Waals surface area (Å²) in [5, 5.41) is 11.2. The van der Waals surface area contributed by atoms with E-state index in [4.69, 9.17) is 32.4 Å². The second-order valence-corrected chi connectivity index (χ2v) is 28.8. The summed E-state index contributed by atoms with van der Waals surface area (Å²) in [6, 6.07) is 13.2. The predicted octanol–water partition coefficient (Wildman–Crippen LogP) is 4.66. The molecule has 2 aliphatic heterocycles. The number of nitrogens with zero attached hydrogens (tertiary/aromatic N) is 6. The molecule has 2 unspecified atom stereocenters. The van der Waals surface area contributed by atoms with E-state index < -0.39 is 103 Å². The van der Waals surface area contributed by atoms with Gasteiger partial charge in [0, 0.05) is 39.3 Å². The monoisotopic (exact) mass is 1310 g/mol. The smallest absolute Gasteiger partial charge is 0.408 e. The Morgan fingerprint density at radius 3 is 1.56 bits per heavy atom. The molecule has 0 saturated carbocycles. The molecule has 4 amide bonds. The van der Waals surface area contributed by atoms with Gasteiger partial charge in [-0.2, -0.15) is 4.31 Å². The summed E-state index contributed by atoms with van der Waals surface area (Å²) in [6.07, 6.45) is -1.08. The number of para-hydroxylation sites is 1. The Morgan fingerprint density at radius 2 is 1.08 bits per heavy atom. The number of halogens is 1. The number of piperidine rings is 2. The normalized spacial score (nSPS) is 16.0. The fourth-order valence-corrected chi connectivity index (χ4v) is 15.3. The molecule has 5 aromatic rings. The lowest BCUT2D eigenvalue weighted by molar-refractivity contribution is -0.124. The summed E-state index contributed by atoms with van der Waals surface area (Å²) in [6.45, 7) is 7.89. The number of nitrogens with two attached hydrogens (primary N) is 4. The Morgan fingerprint density at radius 1 is 0.618 bits per heavy atom. The fourth-order valence-electron chi connectivity index (χ4n) is 10.2. The molecule has 2 aliphatic rings. The van der Waals surface area contributed by atoms with Crippen LogP contribution in [0.2, 0.25) is 0 Å². The number of carbonyl (C=O) groups is 6. The van der Waals surface area contributed by atoms with Gasteiger partial charge in [-0.05, 0) is 124 Å². The third-order valence-electron chi connectivity index (χ3n) is 14.8. The lowest BCUT2D eigenvalue weighted by Gasteiger charge is -2.31. The van der Waals surface area contributed by atoms with Crippen molar-refractivity contribution < 1.29 is 59.5 Å². The van der Waals surface area contributed by atoms with Gasteiger partial charge in [-0.3, -0.25) is 29.2 Å². The van der Waals surface area contributed by atoms with E-state index in [9.17, 15) is 50.0 Å². The number of carbonyl (C=O) groups excluding carboxylic acids is 6. The number of thiazole rings is 2. The van der Waals surface area contributed by atoms with Gasteiger partial charge in [-0.1, -0.05) is 58.0 Å². The zero-order chi connectivity index (χ0) is 64.6. The van der Waals surface area contributed by atoms with Crippen LogP contribution in [0.3, 0.4) is 0 Å². The van der Waals surface area contributed by atoms with Crippen molar-refractivity contribution in [3.8, 4) is 0 Å². The maximum atomic E-state index is 14.4. The quantitative estimate of drug-likeness (QED) is 0.0134. The Labute approximate surface area is 524 Å². The number of aryl methyl sites for hydroxylation is 1. The van der Waals surface area contributed by atoms with Gasteiger partial charge in [0.1, 0.15) is 35.0 Å². The third-order valence-corrected chi connectivity index (χ3v) is 20.7. The maximum absolute atomic E-state index is 14.4. The zero-order valence-corrected chi connectivity index (χ0v) is 53.4. The number of rotatable bonds is 30. The second kappa shape index (κ2) is 31.8. The number of sulfonamides is 2. The summed E-state index contributed by atoms with van der Waals surface area (Å²) in [7, 11) is -7.94. The summed E-state index contributed by atoms with van der Waals surface area (Å²) in [4.78, 5) is 99.4. The van der Waals surface area contributed by atoms with Crippen LogP contribution in [0.25, 0.3) is 20.4 Å². The predicted molar refractivity (Wildman–Crippen MR) is 338 cm³/mol. The van der Waals surface area contributed by atoms with E-state index in [0.717, 1.165) is 26.4 Å². The Kier molecular flexibility index (Phi) is 24.7. The number of ether oxygens (including phenoxy) is 2. The third kappa shape index (κ3) is 20.0. The molecule has 4 heterocycles. The molecule has 89 heavy (non-hydrogen) atoms. The molecule has 2 aromatic heterocycles. The van der Waals surface area contributed by atoms with Gasteiger partial charge < -0.3 is 53.7 Å². The van der Waals surface area contributed by atoms with Crippen molar-refractivity contribution in [2.24, 2.45) is 44.8 Å². The topological polar surface area (TPSA) is 398 Å². The van der Waals surface area contributed by atoms with Crippen LogP contribution >= 0.6 is 22.7 Å². The zero-order valence-electron chi connectivity index (χ0n) is 50.1. The van der Waals surface area contributed by atoms with Crippen LogP contribution in [-0.4, -0.2) is 164 Å². The first-order valence-corrected chi connectivity index (χ1v) is 34.2. The molecular formula is C58H79FN14O12S4. The number of hydrogen-bond donors (Lipinski definition) is 8. The average Bonchev–Trinajstić information content (AvgIpc) is 2.09. The number of ketones is 2. The Hall–Kier alpha value is -7.45. The molecule has 4 atom stereocenters. The minimum absolute atomic E-state index is 0.0342. The molecule has 0 bridgehead atoms. The van der Waals surface area contributed by atoms with Crippen LogP contribution in [0.5, 0.6) is 0 Å². The standard InChI is InChI=1S/C58H79FN14O12S4/c1-34(2)31-44(51(76)66-42(13-9-24-64-55(60)61)49(74)53-68-40-12-6-7-15-46(40)86-53)70-57(78)84-37-19-26-72(27-20-37)88(80,81)30-23-36-17-18-41-47(33-36)87-54(69-41)50(75)43(14-10-25-65-56(62)63)67-52(77)45(32-35(3)4)71-58(79)85-38-21-28-73(29-22-38)89(82,83)48-16-8-5-11-39(48)59/h5-8,11-12,15-18,33-35,37-38,42-45H,9-10,13-14,19-32H2,1-4H3,(H,66,76)(H,67,77)(H,70,78)(H,71,79)(H4,60,61,64)(H4,62,63,65)/t42-,43-,44?,45?/m0/s1. The molecule has 0 aliphatic carbocycles. The molecule has 26 nitrogen and oxygen atoms in total. The second-order valence-electron chi connectivity index (χ2n) is 22.7. The number of benzene rings is 3. The average molecular weight is 1310 g/mol. The first kappa shape index (κ1) is 69.0. The van der Waals surface area contributed by atoms with Gasteiger partial charge in [0.15, 0.2) is 21.9 Å². The van der Waals surface area contributed by atoms with E-state index in [-0.39, 0.29) is 143 Å². The highest BCUT2D eigenvalue weighted by atomic mass is 32.2. The summed E-state index contributed by atoms with van der Waals surface area (Å²) in [5.41, 5.74) is 23.9. The molecule has 0 radical (unpaired) electrons. The van der Waals surface area contributed by atoms with Crippen LogP contribution in [0.15, 0.2) is 81.6 Å². The molecule has 31 heteroatoms. The van der Waals surface area contributed by atoms with Gasteiger partial charge >= 0.3 is 12.2 Å². The number of nitrogens with one attached hydrogen (secondary N) is 4. The van der Waals surface area contributed by atoms with Crippen molar-refractivity contribution in [2.45, 2.75) is 140 Å². The van der Waals surface area contributed by atoms with Gasteiger partial charge in [0.25, 0.3) is 0 Å². The summed E-state index contributed by atoms with van der Waals surface area (Å²) >= 11 is 2.28. The Balaban J connectivity index is 0.915. The van der Waals surface area contributed by atoms with E-state index in [0.29, 0.717) is 27.7 Å². The summed E-state index contributed by atoms with van der Waals surface area (Å²) in [5.74, 6) is -3.72. The molecule has 2 saturated heterocycles. The van der Waals surface area contributed by atoms with Crippen molar-refractivity contribution in [3.05, 3.63) is 88.1 Å². The van der Waals surface area contributed by atoms with Crippen LogP contribution in [0, 0.1) is 17.7 Å². The van der Waals surface area contributed by atoms with Gasteiger partial charge in [-0.25, -0.2) is 45.1 Å². The van der Waals surface area contributed by atoms with Crippen molar-refractivity contribution in [2.75, 3.05) is 45.0 Å². The van der Waals surface area contributed by atoms with Gasteiger partial charge in [0.2, 0.25) is 43.4 Å². The van der Waals surface area contributed by atoms with Crippen molar-refractivity contribution >= 4 is 111 Å². The van der Waals surface area contributed by atoms with Crippen molar-refractivity contribution in [3.63, 3.8) is 0 Å². The molecule has 7 rings (SSSR count). The molecule has 484 valence electrons. The largest absolute Gasteiger partial charge is 0.446 e. The highest BCUT2D eigenvalue weighted by Gasteiger charge is 2.36. The van der Waals surface area contributed by atoms with E-state index in [1.807, 2.05) is 45.9 Å². The lowest BCUT2D eigenvalue weighted by atomic mass is 10.0. The van der Waals surface area contributed by atoms with E-state index >= 15 is 0 Å². The summed E-state index contributed by atoms with van der Waals surface area (Å²) < 4.78 is 83.4. The first-order chi connectivity index (χ1) is 42.3. The van der Waals surface area contributed by atoms with Crippen molar-refractivity contribution in [1.29, 1.82) is 0 Å². The first-order valence-electron chi connectivity index (χ1n) is 29.5. The molecule has 2 fully saturated rings. The fraction of sp³-hybridized carbons (Fsp3) is 0.517. The van der Waals surface area contributed by atoms with Crippen LogP contribution in [0.1, 0.15) is 117 Å². The van der Waals surface area contributed by atoms with Crippen LogP contribution in [-0.2, 0) is 45.5 Å². The number of aromatic nitrogens is 2. The number of Topliss-reactive ketones (excluding diaryl/α,β-unsaturated/α-hetero) is 2. The number of guanidine groups is 2. The number of aliphatic imine (C=N–C) groups is 2. The van der Waals surface area contributed by atoms with Gasteiger partial charge in [-0.15, -0.1) is 22.7 Å². The Bertz CT molecular complexity index is 3560. The number of amides is 4. The van der Waals surface area contributed by atoms with Crippen LogP contribution in [0.4, 0.5) is 14.0 Å². The van der Waals surface area contributed by atoms with E-state index in [1.165, 1.54) is 33.8 Å². The highest BCUT2D eigenvalue weighted by molar-refractivity contribution is 7.89. The van der Waals surface area contributed by atoms with E-state index in [2.05, 4.69) is 41.2 Å². The van der Waals surface area contributed by atoms with E-state index in [1.54, 1.807) is 24.3 Å². The SMILES string of the molecule is CC(C)CC(NC(=O)OC1CCN(S(=O)(=O)CCc2ccc3nc(C(=O)[C@H](CCCN=C(N)N)NC(=O)C(CC(C)C)NC(=O)OC4CCN(S(=O)(=O)c5ccccc5F)CC4)sc3c2)CC1)C(=O)N[C@@H](CCCN=C(N)N)C(=O)c1nc2ccccc2s1. The molecule has 0 spiro atoms. The number of alkyl carbamates (subject to hydrolysis) is 2. The van der Waals surface area contributed by atoms with Gasteiger partial charge in [0.05, 0.1) is 38.3 Å². The highest BCUT2D eigenvalue weighted by Crippen LogP contribution is 2.29. The van der Waals surface area contributed by atoms with Crippen LogP contribution < -0.4 is 44.2 Å². The number of hydrogen-bond acceptors (Lipinski definition) is 18. The lowest BCUT2D eigenvalue weighted by Crippen LogP contribution is -2.52. The minimum Gasteiger partial charge on any atom is -0.446 e. The molecule has 3 aromatic carbocycles. The number of fused-ring (bicyclic) bond motifs is 2. The minimum atomic E-state index is -4.13. The molecule has 12 N–H and O–H groups in total. The maximum Gasteiger partial charge on any atom is 0.408 e. The molecular weight excluding hydrogens is 1230 g/mol.